The van der Waals surface area contributed by atoms with Crippen LogP contribution in [0.4, 0.5) is 5.95 Å². The second kappa shape index (κ2) is 7.72. The first-order chi connectivity index (χ1) is 11.7. The number of anilines is 1. The molecule has 1 aliphatic rings. The Kier molecular flexibility index (Phi) is 5.42. The smallest absolute Gasteiger partial charge is 0.246 e. The van der Waals surface area contributed by atoms with Crippen LogP contribution in [0.1, 0.15) is 37.8 Å². The van der Waals surface area contributed by atoms with Gasteiger partial charge in [-0.3, -0.25) is 0 Å². The van der Waals surface area contributed by atoms with E-state index in [4.69, 9.17) is 4.74 Å². The molecule has 1 aliphatic heterocycles. The maximum Gasteiger partial charge on any atom is 0.246 e. The zero-order valence-electron chi connectivity index (χ0n) is 14.3. The van der Waals surface area contributed by atoms with Gasteiger partial charge in [0.25, 0.3) is 0 Å². The number of benzene rings is 1. The number of aromatic nitrogens is 4. The van der Waals surface area contributed by atoms with Crippen molar-refractivity contribution in [3.8, 4) is 0 Å². The minimum atomic E-state index is 0.0378. The van der Waals surface area contributed by atoms with Crippen molar-refractivity contribution >= 4 is 5.95 Å². The van der Waals surface area contributed by atoms with Crippen LogP contribution in [0, 0.1) is 0 Å². The average Bonchev–Trinajstić information content (AvgIpc) is 3.09. The van der Waals surface area contributed by atoms with Crippen molar-refractivity contribution in [1.29, 1.82) is 0 Å². The van der Waals surface area contributed by atoms with Crippen molar-refractivity contribution in [3.05, 3.63) is 35.4 Å². The standard InChI is InChI=1S/C17H25N5O2/c1-3-15-10-21(11-16(4-2)24-15)17-18-19-20-22(17)9-13-6-5-7-14(8-13)12-23/h5-8,15-16,23H,3-4,9-12H2,1-2H3. The van der Waals surface area contributed by atoms with Gasteiger partial charge in [0.15, 0.2) is 0 Å². The Bertz CT molecular complexity index is 648. The number of rotatable bonds is 6. The van der Waals surface area contributed by atoms with E-state index in [1.54, 1.807) is 0 Å². The fraction of sp³-hybridized carbons (Fsp3) is 0.588. The maximum atomic E-state index is 9.29. The molecule has 0 radical (unpaired) electrons. The second-order valence-electron chi connectivity index (χ2n) is 6.22. The molecule has 7 heteroatoms. The number of morpholine rings is 1. The summed E-state index contributed by atoms with van der Waals surface area (Å²) in [7, 11) is 0. The molecule has 1 N–H and O–H groups in total. The van der Waals surface area contributed by atoms with Crippen LogP contribution >= 0.6 is 0 Å². The lowest BCUT2D eigenvalue weighted by Gasteiger charge is -2.37. The summed E-state index contributed by atoms with van der Waals surface area (Å²) in [5.74, 6) is 0.782. The number of aliphatic hydroxyl groups excluding tert-OH is 1. The predicted octanol–water partition coefficient (Wildman–Crippen LogP) is 1.61. The number of aliphatic hydroxyl groups is 1. The summed E-state index contributed by atoms with van der Waals surface area (Å²) in [4.78, 5) is 2.22. The summed E-state index contributed by atoms with van der Waals surface area (Å²) in [6, 6.07) is 7.85. The van der Waals surface area contributed by atoms with Gasteiger partial charge < -0.3 is 14.7 Å². The number of hydrogen-bond donors (Lipinski definition) is 1. The van der Waals surface area contributed by atoms with Gasteiger partial charge in [0.1, 0.15) is 0 Å². The lowest BCUT2D eigenvalue weighted by molar-refractivity contribution is -0.0292. The van der Waals surface area contributed by atoms with Crippen molar-refractivity contribution in [2.24, 2.45) is 0 Å². The van der Waals surface area contributed by atoms with Crippen LogP contribution in [-0.4, -0.2) is 50.6 Å². The minimum Gasteiger partial charge on any atom is -0.392 e. The van der Waals surface area contributed by atoms with Crippen LogP contribution in [0.2, 0.25) is 0 Å². The monoisotopic (exact) mass is 331 g/mol. The van der Waals surface area contributed by atoms with Crippen LogP contribution in [0.15, 0.2) is 24.3 Å². The van der Waals surface area contributed by atoms with Crippen LogP contribution in [0.25, 0.3) is 0 Å². The summed E-state index contributed by atoms with van der Waals surface area (Å²) >= 11 is 0. The molecule has 2 unspecified atom stereocenters. The van der Waals surface area contributed by atoms with Gasteiger partial charge in [-0.1, -0.05) is 43.2 Å². The molecule has 24 heavy (non-hydrogen) atoms. The number of hydrogen-bond acceptors (Lipinski definition) is 6. The van der Waals surface area contributed by atoms with E-state index in [1.165, 1.54) is 0 Å². The average molecular weight is 331 g/mol. The highest BCUT2D eigenvalue weighted by Gasteiger charge is 2.28. The molecule has 0 aliphatic carbocycles. The minimum absolute atomic E-state index is 0.0378. The largest absolute Gasteiger partial charge is 0.392 e. The fourth-order valence-corrected chi connectivity index (χ4v) is 3.07. The zero-order valence-corrected chi connectivity index (χ0v) is 14.3. The Morgan fingerprint density at radius 1 is 1.17 bits per heavy atom. The highest BCUT2D eigenvalue weighted by atomic mass is 16.5. The Morgan fingerprint density at radius 2 is 1.88 bits per heavy atom. The first-order valence-electron chi connectivity index (χ1n) is 8.58. The molecule has 0 saturated carbocycles. The molecule has 2 aromatic rings. The Balaban J connectivity index is 1.79. The number of nitrogens with zero attached hydrogens (tertiary/aromatic N) is 5. The molecular weight excluding hydrogens is 306 g/mol. The van der Waals surface area contributed by atoms with E-state index in [1.807, 2.05) is 28.9 Å². The van der Waals surface area contributed by atoms with Gasteiger partial charge in [0.05, 0.1) is 25.4 Å². The van der Waals surface area contributed by atoms with E-state index < -0.39 is 0 Å². The zero-order chi connectivity index (χ0) is 16.9. The third-order valence-corrected chi connectivity index (χ3v) is 4.45. The van der Waals surface area contributed by atoms with Crippen molar-refractivity contribution in [1.82, 2.24) is 20.2 Å². The van der Waals surface area contributed by atoms with Crippen LogP contribution in [0.3, 0.4) is 0 Å². The topological polar surface area (TPSA) is 76.3 Å². The van der Waals surface area contributed by atoms with E-state index >= 15 is 0 Å². The summed E-state index contributed by atoms with van der Waals surface area (Å²) in [5, 5.41) is 21.6. The molecule has 1 saturated heterocycles. The predicted molar refractivity (Wildman–Crippen MR) is 90.7 cm³/mol. The second-order valence-corrected chi connectivity index (χ2v) is 6.22. The van der Waals surface area contributed by atoms with Gasteiger partial charge >= 0.3 is 0 Å². The molecule has 0 amide bonds. The van der Waals surface area contributed by atoms with E-state index in [0.717, 1.165) is 43.0 Å². The van der Waals surface area contributed by atoms with Gasteiger partial charge in [0, 0.05) is 13.1 Å². The van der Waals surface area contributed by atoms with Crippen molar-refractivity contribution in [2.45, 2.75) is 52.0 Å². The van der Waals surface area contributed by atoms with Gasteiger partial charge in [-0.25, -0.2) is 4.68 Å². The molecule has 7 nitrogen and oxygen atoms in total. The normalized spacial score (nSPS) is 21.2. The molecular formula is C17H25N5O2. The van der Waals surface area contributed by atoms with Gasteiger partial charge in [0.2, 0.25) is 5.95 Å². The molecule has 1 fully saturated rings. The summed E-state index contributed by atoms with van der Waals surface area (Å²) in [5.41, 5.74) is 1.97. The Hall–Kier alpha value is -1.99. The lowest BCUT2D eigenvalue weighted by atomic mass is 10.1. The lowest BCUT2D eigenvalue weighted by Crippen LogP contribution is -2.48. The van der Waals surface area contributed by atoms with Crippen molar-refractivity contribution < 1.29 is 9.84 Å². The first kappa shape index (κ1) is 16.9. The third kappa shape index (κ3) is 3.73. The molecule has 0 bridgehead atoms. The SMILES string of the molecule is CCC1CN(c2nnnn2Cc2cccc(CO)c2)CC(CC)O1. The first-order valence-corrected chi connectivity index (χ1v) is 8.58. The quantitative estimate of drug-likeness (QED) is 0.866. The fourth-order valence-electron chi connectivity index (χ4n) is 3.07. The molecule has 2 heterocycles. The molecule has 3 rings (SSSR count). The van der Waals surface area contributed by atoms with Gasteiger partial charge in [-0.2, -0.15) is 0 Å². The van der Waals surface area contributed by atoms with Crippen LogP contribution in [0.5, 0.6) is 0 Å². The van der Waals surface area contributed by atoms with E-state index in [0.29, 0.717) is 6.54 Å². The Labute approximate surface area is 142 Å². The van der Waals surface area contributed by atoms with Gasteiger partial charge in [-0.15, -0.1) is 0 Å². The summed E-state index contributed by atoms with van der Waals surface area (Å²) < 4.78 is 7.87. The molecule has 130 valence electrons. The van der Waals surface area contributed by atoms with Crippen LogP contribution in [-0.2, 0) is 17.9 Å². The summed E-state index contributed by atoms with van der Waals surface area (Å²) in [6.07, 6.45) is 2.39. The van der Waals surface area contributed by atoms with Crippen molar-refractivity contribution in [2.75, 3.05) is 18.0 Å². The van der Waals surface area contributed by atoms with Crippen molar-refractivity contribution in [3.63, 3.8) is 0 Å². The highest BCUT2D eigenvalue weighted by molar-refractivity contribution is 5.31. The highest BCUT2D eigenvalue weighted by Crippen LogP contribution is 2.21. The van der Waals surface area contributed by atoms with Gasteiger partial charge in [-0.05, 0) is 34.4 Å². The molecule has 1 aromatic carbocycles. The maximum absolute atomic E-state index is 9.29. The Morgan fingerprint density at radius 3 is 2.54 bits per heavy atom. The summed E-state index contributed by atoms with van der Waals surface area (Å²) in [6.45, 7) is 6.53. The number of ether oxygens (including phenoxy) is 1. The molecule has 1 aromatic heterocycles. The molecule has 2 atom stereocenters. The van der Waals surface area contributed by atoms with E-state index in [9.17, 15) is 5.11 Å². The number of tetrazole rings is 1. The van der Waals surface area contributed by atoms with Crippen LogP contribution < -0.4 is 4.90 Å². The van der Waals surface area contributed by atoms with E-state index in [2.05, 4.69) is 34.3 Å². The molecule has 0 spiro atoms. The third-order valence-electron chi connectivity index (χ3n) is 4.45. The van der Waals surface area contributed by atoms with E-state index in [-0.39, 0.29) is 18.8 Å².